The Morgan fingerprint density at radius 2 is 2.00 bits per heavy atom. The van der Waals surface area contributed by atoms with Crippen molar-refractivity contribution in [3.63, 3.8) is 0 Å². The number of hydrogen-bond acceptors (Lipinski definition) is 3. The van der Waals surface area contributed by atoms with Crippen molar-refractivity contribution in [1.82, 2.24) is 5.16 Å². The first kappa shape index (κ1) is 15.4. The Bertz CT molecular complexity index is 924. The van der Waals surface area contributed by atoms with E-state index in [1.807, 2.05) is 59.8 Å². The SMILES string of the molecule is Cc1noc2c1-c1ccc(Cl)cc1N(S(=O)c1ccccc1)CC2. The van der Waals surface area contributed by atoms with E-state index < -0.39 is 11.0 Å². The number of fused-ring (bicyclic) bond motifs is 3. The number of nitrogens with zero attached hydrogens (tertiary/aromatic N) is 2. The highest BCUT2D eigenvalue weighted by Gasteiger charge is 2.28. The molecule has 0 aliphatic carbocycles. The highest BCUT2D eigenvalue weighted by molar-refractivity contribution is 7.86. The Morgan fingerprint density at radius 3 is 2.79 bits per heavy atom. The molecule has 3 aromatic rings. The Hall–Kier alpha value is -2.11. The molecule has 1 unspecified atom stereocenters. The van der Waals surface area contributed by atoms with Gasteiger partial charge in [-0.1, -0.05) is 41.0 Å². The molecule has 4 nitrogen and oxygen atoms in total. The van der Waals surface area contributed by atoms with Crippen molar-refractivity contribution < 1.29 is 8.73 Å². The fraction of sp³-hybridized carbons (Fsp3) is 0.167. The molecule has 0 radical (unpaired) electrons. The van der Waals surface area contributed by atoms with Crippen molar-refractivity contribution in [3.8, 4) is 11.1 Å². The monoisotopic (exact) mass is 358 g/mol. The van der Waals surface area contributed by atoms with Crippen LogP contribution in [0, 0.1) is 6.92 Å². The molecule has 122 valence electrons. The number of aryl methyl sites for hydroxylation is 1. The van der Waals surface area contributed by atoms with Crippen LogP contribution in [0.4, 0.5) is 5.69 Å². The minimum atomic E-state index is -1.32. The lowest BCUT2D eigenvalue weighted by Crippen LogP contribution is -2.27. The average molecular weight is 359 g/mol. The van der Waals surface area contributed by atoms with E-state index in [0.29, 0.717) is 18.0 Å². The number of hydrogen-bond donors (Lipinski definition) is 0. The van der Waals surface area contributed by atoms with Crippen molar-refractivity contribution in [2.45, 2.75) is 18.2 Å². The molecule has 0 amide bonds. The standard InChI is InChI=1S/C18H15ClN2O2S/c1-12-18-15-8-7-13(19)11-16(15)21(10-9-17(18)23-20-12)24(22)14-5-3-2-4-6-14/h2-8,11H,9-10H2,1H3. The molecular formula is C18H15ClN2O2S. The first-order valence-electron chi connectivity index (χ1n) is 7.64. The summed E-state index contributed by atoms with van der Waals surface area (Å²) >= 11 is 6.22. The summed E-state index contributed by atoms with van der Waals surface area (Å²) in [5.41, 5.74) is 3.61. The second-order valence-electron chi connectivity index (χ2n) is 5.64. The number of anilines is 1. The van der Waals surface area contributed by atoms with E-state index in [9.17, 15) is 4.21 Å². The number of halogens is 1. The van der Waals surface area contributed by atoms with Crippen molar-refractivity contribution in [1.29, 1.82) is 0 Å². The van der Waals surface area contributed by atoms with E-state index >= 15 is 0 Å². The van der Waals surface area contributed by atoms with Gasteiger partial charge in [0.25, 0.3) is 0 Å². The molecular weight excluding hydrogens is 344 g/mol. The minimum Gasteiger partial charge on any atom is -0.360 e. The normalized spacial score (nSPS) is 14.7. The van der Waals surface area contributed by atoms with Crippen LogP contribution in [-0.2, 0) is 17.4 Å². The van der Waals surface area contributed by atoms with Crippen molar-refractivity contribution >= 4 is 28.3 Å². The second-order valence-corrected chi connectivity index (χ2v) is 7.49. The molecule has 6 heteroatoms. The third-order valence-electron chi connectivity index (χ3n) is 4.12. The van der Waals surface area contributed by atoms with Gasteiger partial charge in [0.15, 0.2) is 11.0 Å². The molecule has 0 saturated carbocycles. The number of rotatable bonds is 2. The fourth-order valence-electron chi connectivity index (χ4n) is 3.01. The molecule has 1 aromatic heterocycles. The highest BCUT2D eigenvalue weighted by atomic mass is 35.5. The second kappa shape index (κ2) is 6.07. The van der Waals surface area contributed by atoms with Crippen LogP contribution in [0.3, 0.4) is 0 Å². The van der Waals surface area contributed by atoms with E-state index in [4.69, 9.17) is 16.1 Å². The summed E-state index contributed by atoms with van der Waals surface area (Å²) in [6, 6.07) is 15.1. The molecule has 0 spiro atoms. The molecule has 1 atom stereocenters. The maximum atomic E-state index is 13.1. The molecule has 0 saturated heterocycles. The lowest BCUT2D eigenvalue weighted by Gasteiger charge is -2.23. The van der Waals surface area contributed by atoms with Crippen molar-refractivity contribution in [2.24, 2.45) is 0 Å². The van der Waals surface area contributed by atoms with Gasteiger partial charge < -0.3 is 4.52 Å². The van der Waals surface area contributed by atoms with Crippen molar-refractivity contribution in [2.75, 3.05) is 10.8 Å². The largest absolute Gasteiger partial charge is 0.360 e. The van der Waals surface area contributed by atoms with Crippen LogP contribution in [0.2, 0.25) is 5.02 Å². The Kier molecular flexibility index (Phi) is 3.90. The number of benzene rings is 2. The lowest BCUT2D eigenvalue weighted by atomic mass is 10.0. The lowest BCUT2D eigenvalue weighted by molar-refractivity contribution is 0.381. The Balaban J connectivity index is 1.88. The van der Waals surface area contributed by atoms with E-state index in [-0.39, 0.29) is 0 Å². The zero-order valence-corrected chi connectivity index (χ0v) is 14.6. The Morgan fingerprint density at radius 1 is 1.21 bits per heavy atom. The predicted molar refractivity (Wildman–Crippen MR) is 95.6 cm³/mol. The molecule has 0 bridgehead atoms. The zero-order chi connectivity index (χ0) is 16.7. The highest BCUT2D eigenvalue weighted by Crippen LogP contribution is 2.40. The molecule has 1 aliphatic heterocycles. The summed E-state index contributed by atoms with van der Waals surface area (Å²) in [5.74, 6) is 0.823. The van der Waals surface area contributed by atoms with Gasteiger partial charge in [-0.15, -0.1) is 0 Å². The van der Waals surface area contributed by atoms with E-state index in [1.54, 1.807) is 0 Å². The van der Waals surface area contributed by atoms with E-state index in [1.165, 1.54) is 0 Å². The van der Waals surface area contributed by atoms with Crippen LogP contribution < -0.4 is 4.31 Å². The van der Waals surface area contributed by atoms with E-state index in [0.717, 1.165) is 33.2 Å². The zero-order valence-electron chi connectivity index (χ0n) is 13.0. The molecule has 2 aromatic carbocycles. The van der Waals surface area contributed by atoms with E-state index in [2.05, 4.69) is 5.16 Å². The summed E-state index contributed by atoms with van der Waals surface area (Å²) in [6.07, 6.45) is 0.640. The molecule has 0 N–H and O–H groups in total. The first-order valence-corrected chi connectivity index (χ1v) is 9.13. The fourth-order valence-corrected chi connectivity index (χ4v) is 4.41. The third-order valence-corrected chi connectivity index (χ3v) is 5.81. The van der Waals surface area contributed by atoms with Gasteiger partial charge in [0, 0.05) is 29.1 Å². The predicted octanol–water partition coefficient (Wildman–Crippen LogP) is 4.39. The van der Waals surface area contributed by atoms with Gasteiger partial charge in [0.1, 0.15) is 5.76 Å². The average Bonchev–Trinajstić information content (AvgIpc) is 2.88. The molecule has 4 rings (SSSR count). The van der Waals surface area contributed by atoms with Crippen LogP contribution in [0.15, 0.2) is 57.9 Å². The van der Waals surface area contributed by atoms with Crippen LogP contribution in [0.25, 0.3) is 11.1 Å². The van der Waals surface area contributed by atoms with Gasteiger partial charge in [0.2, 0.25) is 0 Å². The summed E-state index contributed by atoms with van der Waals surface area (Å²) in [6.45, 7) is 2.49. The van der Waals surface area contributed by atoms with Gasteiger partial charge in [-0.25, -0.2) is 4.21 Å². The molecule has 2 heterocycles. The molecule has 1 aliphatic rings. The quantitative estimate of drug-likeness (QED) is 0.682. The van der Waals surface area contributed by atoms with Gasteiger partial charge in [-0.3, -0.25) is 4.31 Å². The van der Waals surface area contributed by atoms with Crippen LogP contribution in [0.5, 0.6) is 0 Å². The van der Waals surface area contributed by atoms with Crippen LogP contribution in [-0.4, -0.2) is 15.9 Å². The molecule has 0 fully saturated rings. The summed E-state index contributed by atoms with van der Waals surface area (Å²) in [4.78, 5) is 0.761. The van der Waals surface area contributed by atoms with Crippen molar-refractivity contribution in [3.05, 3.63) is 65.0 Å². The van der Waals surface area contributed by atoms with Gasteiger partial charge >= 0.3 is 0 Å². The van der Waals surface area contributed by atoms with Crippen LogP contribution in [0.1, 0.15) is 11.5 Å². The smallest absolute Gasteiger partial charge is 0.152 e. The first-order chi connectivity index (χ1) is 11.6. The maximum absolute atomic E-state index is 13.1. The maximum Gasteiger partial charge on any atom is 0.152 e. The molecule has 24 heavy (non-hydrogen) atoms. The summed E-state index contributed by atoms with van der Waals surface area (Å²) in [7, 11) is -1.32. The van der Waals surface area contributed by atoms with Crippen LogP contribution >= 0.6 is 11.6 Å². The summed E-state index contributed by atoms with van der Waals surface area (Å²) < 4.78 is 20.5. The third kappa shape index (κ3) is 2.54. The number of aromatic nitrogens is 1. The Labute approximate surface area is 147 Å². The minimum absolute atomic E-state index is 0.566. The topological polar surface area (TPSA) is 46.3 Å². The van der Waals surface area contributed by atoms with Gasteiger partial charge in [0.05, 0.1) is 16.3 Å². The van der Waals surface area contributed by atoms with Gasteiger partial charge in [-0.2, -0.15) is 0 Å². The van der Waals surface area contributed by atoms with Gasteiger partial charge in [-0.05, 0) is 31.2 Å². The summed E-state index contributed by atoms with van der Waals surface area (Å²) in [5, 5.41) is 4.70.